The SMILES string of the molecule is COC(COCC(F)(F)C(F)(F)C(F)(F)C(F)(F)C(F)F)COCC(F)(F)C(F)(F)C(F)(F)C(F)(F)C(F)F. The Morgan fingerprint density at radius 2 is 0.718 bits per heavy atom. The highest BCUT2D eigenvalue weighted by Gasteiger charge is 2.84. The predicted octanol–water partition coefficient (Wildman–Crippen LogP) is 6.65. The average molecular weight is 634 g/mol. The summed E-state index contributed by atoms with van der Waals surface area (Å²) in [6, 6.07) is 0. The summed E-state index contributed by atoms with van der Waals surface area (Å²) in [6.07, 6.45) is -13.2. The monoisotopic (exact) mass is 634 g/mol. The fourth-order valence-corrected chi connectivity index (χ4v) is 2.15. The molecular weight excluding hydrogens is 620 g/mol. The molecule has 23 heteroatoms. The van der Waals surface area contributed by atoms with E-state index in [1.807, 2.05) is 0 Å². The maximum absolute atomic E-state index is 13.5. The summed E-state index contributed by atoms with van der Waals surface area (Å²) in [6.45, 7) is -9.25. The quantitative estimate of drug-likeness (QED) is 0.168. The number of halogens is 20. The summed E-state index contributed by atoms with van der Waals surface area (Å²) in [7, 11) is 0.492. The van der Waals surface area contributed by atoms with Crippen molar-refractivity contribution in [3.05, 3.63) is 0 Å². The van der Waals surface area contributed by atoms with Crippen molar-refractivity contribution in [1.29, 1.82) is 0 Å². The van der Waals surface area contributed by atoms with E-state index in [2.05, 4.69) is 14.2 Å². The molecule has 236 valence electrons. The van der Waals surface area contributed by atoms with Crippen LogP contribution in [0.4, 0.5) is 87.8 Å². The number of ether oxygens (including phenoxy) is 3. The molecule has 0 saturated heterocycles. The van der Waals surface area contributed by atoms with Gasteiger partial charge in [-0.3, -0.25) is 0 Å². The van der Waals surface area contributed by atoms with E-state index in [4.69, 9.17) is 0 Å². The zero-order valence-corrected chi connectivity index (χ0v) is 18.3. The Balaban J connectivity index is 5.34. The minimum atomic E-state index is -7.37. The molecule has 0 aromatic carbocycles. The Kier molecular flexibility index (Phi) is 11.3. The first-order valence-corrected chi connectivity index (χ1v) is 9.30. The summed E-state index contributed by atoms with van der Waals surface area (Å²) in [5.74, 6) is -55.8. The van der Waals surface area contributed by atoms with Crippen LogP contribution >= 0.6 is 0 Å². The Labute approximate surface area is 203 Å². The topological polar surface area (TPSA) is 27.7 Å². The van der Waals surface area contributed by atoms with Crippen molar-refractivity contribution >= 4 is 0 Å². The Hall–Kier alpha value is -1.52. The van der Waals surface area contributed by atoms with Crippen LogP contribution in [0.2, 0.25) is 0 Å². The molecule has 0 fully saturated rings. The average Bonchev–Trinajstić information content (AvgIpc) is 2.76. The Morgan fingerprint density at radius 1 is 0.462 bits per heavy atom. The first-order chi connectivity index (χ1) is 17.0. The van der Waals surface area contributed by atoms with Crippen LogP contribution in [0.25, 0.3) is 0 Å². The van der Waals surface area contributed by atoms with Crippen molar-refractivity contribution in [2.24, 2.45) is 0 Å². The molecule has 0 aliphatic carbocycles. The number of hydrogen-bond donors (Lipinski definition) is 0. The van der Waals surface area contributed by atoms with Crippen LogP contribution in [0.15, 0.2) is 0 Å². The highest BCUT2D eigenvalue weighted by atomic mass is 19.4. The van der Waals surface area contributed by atoms with Gasteiger partial charge in [-0.25, -0.2) is 17.6 Å². The van der Waals surface area contributed by atoms with E-state index in [0.29, 0.717) is 7.11 Å². The molecule has 39 heavy (non-hydrogen) atoms. The first-order valence-electron chi connectivity index (χ1n) is 9.30. The van der Waals surface area contributed by atoms with Gasteiger partial charge in [-0.05, 0) is 0 Å². The maximum atomic E-state index is 13.5. The van der Waals surface area contributed by atoms with Crippen LogP contribution in [0.3, 0.4) is 0 Å². The number of rotatable bonds is 17. The largest absolute Gasteiger partial charge is 0.384 e. The van der Waals surface area contributed by atoms with Gasteiger partial charge in [0.1, 0.15) is 19.3 Å². The van der Waals surface area contributed by atoms with Crippen molar-refractivity contribution in [1.82, 2.24) is 0 Å². The predicted molar refractivity (Wildman–Crippen MR) is 84.0 cm³/mol. The van der Waals surface area contributed by atoms with E-state index in [-0.39, 0.29) is 0 Å². The fourth-order valence-electron chi connectivity index (χ4n) is 2.15. The second kappa shape index (κ2) is 11.8. The van der Waals surface area contributed by atoms with Crippen molar-refractivity contribution in [2.75, 3.05) is 33.5 Å². The molecule has 0 amide bonds. The lowest BCUT2D eigenvalue weighted by Crippen LogP contribution is -2.65. The van der Waals surface area contributed by atoms with E-state index < -0.39 is 92.8 Å². The van der Waals surface area contributed by atoms with Gasteiger partial charge in [0.2, 0.25) is 0 Å². The molecule has 0 atom stereocenters. The van der Waals surface area contributed by atoms with E-state index in [9.17, 15) is 87.8 Å². The Morgan fingerprint density at radius 3 is 0.923 bits per heavy atom. The van der Waals surface area contributed by atoms with E-state index >= 15 is 0 Å². The van der Waals surface area contributed by atoms with Crippen LogP contribution in [-0.4, -0.2) is 99.9 Å². The minimum Gasteiger partial charge on any atom is -0.377 e. The number of methoxy groups -OCH3 is 1. The summed E-state index contributed by atoms with van der Waals surface area (Å²) in [5, 5.41) is 0. The van der Waals surface area contributed by atoms with Crippen LogP contribution in [0.1, 0.15) is 0 Å². The molecule has 0 unspecified atom stereocenters. The lowest BCUT2D eigenvalue weighted by molar-refractivity contribution is -0.388. The second-order valence-corrected chi connectivity index (χ2v) is 7.44. The molecule has 0 radical (unpaired) electrons. The summed E-state index contributed by atoms with van der Waals surface area (Å²) >= 11 is 0. The zero-order chi connectivity index (χ0) is 31.7. The second-order valence-electron chi connectivity index (χ2n) is 7.44. The minimum absolute atomic E-state index is 0.492. The number of hydrogen-bond acceptors (Lipinski definition) is 3. The van der Waals surface area contributed by atoms with Gasteiger partial charge in [-0.1, -0.05) is 0 Å². The molecule has 0 aliphatic heterocycles. The lowest BCUT2D eigenvalue weighted by Gasteiger charge is -2.36. The fraction of sp³-hybridized carbons (Fsp3) is 1.00. The van der Waals surface area contributed by atoms with E-state index in [0.717, 1.165) is 0 Å². The maximum Gasteiger partial charge on any atom is 0.384 e. The lowest BCUT2D eigenvalue weighted by atomic mass is 9.99. The third-order valence-corrected chi connectivity index (χ3v) is 4.60. The van der Waals surface area contributed by atoms with Gasteiger partial charge < -0.3 is 14.2 Å². The number of alkyl halides is 20. The third kappa shape index (κ3) is 6.70. The molecule has 0 bridgehead atoms. The van der Waals surface area contributed by atoms with E-state index in [1.54, 1.807) is 0 Å². The molecule has 0 aromatic rings. The molecule has 0 N–H and O–H groups in total. The van der Waals surface area contributed by atoms with Gasteiger partial charge in [0, 0.05) is 7.11 Å². The zero-order valence-electron chi connectivity index (χ0n) is 18.3. The van der Waals surface area contributed by atoms with Gasteiger partial charge in [0.25, 0.3) is 0 Å². The molecule has 3 nitrogen and oxygen atoms in total. The summed E-state index contributed by atoms with van der Waals surface area (Å²) in [4.78, 5) is 0. The van der Waals surface area contributed by atoms with Crippen molar-refractivity contribution in [3.8, 4) is 0 Å². The van der Waals surface area contributed by atoms with Gasteiger partial charge in [-0.15, -0.1) is 0 Å². The van der Waals surface area contributed by atoms with Crippen LogP contribution in [0, 0.1) is 0 Å². The molecule has 0 aromatic heterocycles. The van der Waals surface area contributed by atoms with Gasteiger partial charge in [0.15, 0.2) is 0 Å². The summed E-state index contributed by atoms with van der Waals surface area (Å²) in [5.41, 5.74) is 0. The Bertz CT molecular complexity index is 721. The van der Waals surface area contributed by atoms with Crippen molar-refractivity contribution in [2.45, 2.75) is 66.3 Å². The standard InChI is InChI=1S/C16H14F20O3/c1-37-6(2-38-4-9(21,22)13(29,30)15(33,34)11(25,26)7(17)18)3-39-5-10(23,24)14(31,32)16(35,36)12(27,28)8(19)20/h6-8H,2-5H2,1H3. The van der Waals surface area contributed by atoms with Crippen LogP contribution < -0.4 is 0 Å². The normalized spacial score (nSPS) is 15.7. The highest BCUT2D eigenvalue weighted by Crippen LogP contribution is 2.55. The van der Waals surface area contributed by atoms with E-state index in [1.165, 1.54) is 0 Å². The molecule has 0 saturated carbocycles. The van der Waals surface area contributed by atoms with Gasteiger partial charge in [0.05, 0.1) is 13.2 Å². The van der Waals surface area contributed by atoms with Gasteiger partial charge in [-0.2, -0.15) is 70.2 Å². The summed E-state index contributed by atoms with van der Waals surface area (Å²) < 4.78 is 270. The molecule has 0 aliphatic rings. The molecule has 0 heterocycles. The molecule has 0 rings (SSSR count). The van der Waals surface area contributed by atoms with Crippen molar-refractivity contribution in [3.63, 3.8) is 0 Å². The molecule has 0 spiro atoms. The van der Waals surface area contributed by atoms with Crippen molar-refractivity contribution < 1.29 is 102 Å². The smallest absolute Gasteiger partial charge is 0.377 e. The third-order valence-electron chi connectivity index (χ3n) is 4.60. The first kappa shape index (κ1) is 37.5. The van der Waals surface area contributed by atoms with Gasteiger partial charge >= 0.3 is 60.2 Å². The molecular formula is C16H14F20O3. The highest BCUT2D eigenvalue weighted by molar-refractivity contribution is 5.05. The van der Waals surface area contributed by atoms with Crippen LogP contribution in [0.5, 0.6) is 0 Å². The van der Waals surface area contributed by atoms with Crippen LogP contribution in [-0.2, 0) is 14.2 Å².